The monoisotopic (exact) mass is 324 g/mol. The number of thiophene rings is 1. The highest BCUT2D eigenvalue weighted by molar-refractivity contribution is 7.91. The summed E-state index contributed by atoms with van der Waals surface area (Å²) in [6.07, 6.45) is 0. The summed E-state index contributed by atoms with van der Waals surface area (Å²) in [7, 11) is -3.61. The first-order valence-electron chi connectivity index (χ1n) is 6.29. The summed E-state index contributed by atoms with van der Waals surface area (Å²) < 4.78 is 26.3. The van der Waals surface area contributed by atoms with E-state index in [-0.39, 0.29) is 10.8 Å². The zero-order valence-electron chi connectivity index (χ0n) is 11.7. The average molecular weight is 324 g/mol. The van der Waals surface area contributed by atoms with Gasteiger partial charge >= 0.3 is 0 Å². The fraction of sp³-hybridized carbons (Fsp3) is 0.214. The predicted molar refractivity (Wildman–Crippen MR) is 84.1 cm³/mol. The van der Waals surface area contributed by atoms with E-state index in [0.29, 0.717) is 5.69 Å². The molecule has 1 aromatic heterocycles. The van der Waals surface area contributed by atoms with E-state index in [9.17, 15) is 13.2 Å². The predicted octanol–water partition coefficient (Wildman–Crippen LogP) is 2.28. The van der Waals surface area contributed by atoms with Crippen molar-refractivity contribution < 1.29 is 13.2 Å². The van der Waals surface area contributed by atoms with Gasteiger partial charge in [-0.3, -0.25) is 4.79 Å². The number of hydrogen-bond acceptors (Lipinski definition) is 4. The molecule has 0 aliphatic heterocycles. The van der Waals surface area contributed by atoms with Gasteiger partial charge in [0.15, 0.2) is 0 Å². The van der Waals surface area contributed by atoms with E-state index in [0.717, 1.165) is 22.5 Å². The number of carbonyl (C=O) groups is 1. The van der Waals surface area contributed by atoms with Crippen LogP contribution >= 0.6 is 11.3 Å². The van der Waals surface area contributed by atoms with Crippen LogP contribution in [0, 0.1) is 13.8 Å². The Morgan fingerprint density at radius 3 is 2.62 bits per heavy atom. The topological polar surface area (TPSA) is 75.3 Å². The first-order chi connectivity index (χ1) is 9.90. The van der Waals surface area contributed by atoms with Gasteiger partial charge in [-0.1, -0.05) is 18.2 Å². The van der Waals surface area contributed by atoms with Crippen molar-refractivity contribution in [2.24, 2.45) is 0 Å². The summed E-state index contributed by atoms with van der Waals surface area (Å²) >= 11 is 1.11. The summed E-state index contributed by atoms with van der Waals surface area (Å²) in [6, 6.07) is 8.72. The number of benzene rings is 1. The van der Waals surface area contributed by atoms with Gasteiger partial charge in [0, 0.05) is 5.69 Å². The van der Waals surface area contributed by atoms with Gasteiger partial charge in [-0.05, 0) is 42.5 Å². The second-order valence-corrected chi connectivity index (χ2v) is 7.49. The van der Waals surface area contributed by atoms with Gasteiger partial charge in [0.2, 0.25) is 5.91 Å². The van der Waals surface area contributed by atoms with Gasteiger partial charge in [0.25, 0.3) is 10.0 Å². The Bertz CT molecular complexity index is 738. The summed E-state index contributed by atoms with van der Waals surface area (Å²) in [4.78, 5) is 11.9. The molecule has 7 heteroatoms. The number of anilines is 1. The van der Waals surface area contributed by atoms with Crippen molar-refractivity contribution in [1.29, 1.82) is 0 Å². The molecule has 2 N–H and O–H groups in total. The smallest absolute Gasteiger partial charge is 0.250 e. The molecule has 0 bridgehead atoms. The number of sulfonamides is 1. The number of carbonyl (C=O) groups excluding carboxylic acids is 1. The van der Waals surface area contributed by atoms with Crippen LogP contribution in [-0.4, -0.2) is 20.9 Å². The molecule has 1 amide bonds. The maximum Gasteiger partial charge on any atom is 0.250 e. The molecule has 5 nitrogen and oxygen atoms in total. The molecular weight excluding hydrogens is 308 g/mol. The lowest BCUT2D eigenvalue weighted by Gasteiger charge is -2.10. The standard InChI is InChI=1S/C14H16N2O3S2/c1-10-5-3-6-12(11(10)2)16-13(17)9-15-21(18,19)14-7-4-8-20-14/h3-8,15H,9H2,1-2H3,(H,16,17). The van der Waals surface area contributed by atoms with Crippen molar-refractivity contribution in [3.05, 3.63) is 46.8 Å². The Balaban J connectivity index is 1.98. The van der Waals surface area contributed by atoms with E-state index in [1.807, 2.05) is 26.0 Å². The highest BCUT2D eigenvalue weighted by Gasteiger charge is 2.16. The lowest BCUT2D eigenvalue weighted by molar-refractivity contribution is -0.115. The maximum absolute atomic E-state index is 11.9. The van der Waals surface area contributed by atoms with Crippen LogP contribution in [-0.2, 0) is 14.8 Å². The van der Waals surface area contributed by atoms with Crippen LogP contribution in [0.5, 0.6) is 0 Å². The van der Waals surface area contributed by atoms with Crippen LogP contribution in [0.15, 0.2) is 39.9 Å². The van der Waals surface area contributed by atoms with Gasteiger partial charge in [-0.2, -0.15) is 0 Å². The molecule has 0 fully saturated rings. The molecule has 21 heavy (non-hydrogen) atoms. The quantitative estimate of drug-likeness (QED) is 0.886. The van der Waals surface area contributed by atoms with Crippen molar-refractivity contribution in [3.8, 4) is 0 Å². The largest absolute Gasteiger partial charge is 0.325 e. The number of amides is 1. The minimum absolute atomic E-state index is 0.196. The number of aryl methyl sites for hydroxylation is 1. The Morgan fingerprint density at radius 2 is 1.95 bits per heavy atom. The first-order valence-corrected chi connectivity index (χ1v) is 8.65. The van der Waals surface area contributed by atoms with E-state index in [4.69, 9.17) is 0 Å². The van der Waals surface area contributed by atoms with Gasteiger partial charge in [0.05, 0.1) is 6.54 Å². The van der Waals surface area contributed by atoms with Crippen LogP contribution in [0.4, 0.5) is 5.69 Å². The molecule has 0 unspecified atom stereocenters. The molecule has 0 atom stereocenters. The van der Waals surface area contributed by atoms with Crippen LogP contribution in [0.3, 0.4) is 0 Å². The van der Waals surface area contributed by atoms with E-state index in [2.05, 4.69) is 10.0 Å². The molecule has 0 saturated carbocycles. The highest BCUT2D eigenvalue weighted by atomic mass is 32.2. The van der Waals surface area contributed by atoms with E-state index in [1.165, 1.54) is 6.07 Å². The molecule has 1 heterocycles. The molecule has 1 aromatic carbocycles. The van der Waals surface area contributed by atoms with Crippen LogP contribution in [0.2, 0.25) is 0 Å². The van der Waals surface area contributed by atoms with Gasteiger partial charge in [-0.25, -0.2) is 13.1 Å². The first kappa shape index (κ1) is 15.7. The second kappa shape index (κ2) is 6.38. The average Bonchev–Trinajstić information content (AvgIpc) is 2.97. The minimum atomic E-state index is -3.61. The molecule has 0 aliphatic carbocycles. The van der Waals surface area contributed by atoms with Crippen molar-refractivity contribution in [1.82, 2.24) is 4.72 Å². The fourth-order valence-electron chi connectivity index (χ4n) is 1.73. The number of rotatable bonds is 5. The molecule has 0 saturated heterocycles. The van der Waals surface area contributed by atoms with Crippen LogP contribution < -0.4 is 10.0 Å². The van der Waals surface area contributed by atoms with E-state index < -0.39 is 15.9 Å². The molecule has 0 spiro atoms. The third-order valence-corrected chi connectivity index (χ3v) is 5.86. The Morgan fingerprint density at radius 1 is 1.19 bits per heavy atom. The van der Waals surface area contributed by atoms with E-state index in [1.54, 1.807) is 17.5 Å². The number of nitrogens with one attached hydrogen (secondary N) is 2. The zero-order chi connectivity index (χ0) is 15.5. The second-order valence-electron chi connectivity index (χ2n) is 4.55. The molecule has 2 rings (SSSR count). The van der Waals surface area contributed by atoms with Crippen molar-refractivity contribution >= 4 is 33.0 Å². The van der Waals surface area contributed by atoms with Crippen LogP contribution in [0.1, 0.15) is 11.1 Å². The highest BCUT2D eigenvalue weighted by Crippen LogP contribution is 2.18. The van der Waals surface area contributed by atoms with Gasteiger partial charge < -0.3 is 5.32 Å². The van der Waals surface area contributed by atoms with Crippen LogP contribution in [0.25, 0.3) is 0 Å². The lowest BCUT2D eigenvalue weighted by atomic mass is 10.1. The summed E-state index contributed by atoms with van der Waals surface area (Å²) in [5.41, 5.74) is 2.72. The molecule has 0 radical (unpaired) electrons. The van der Waals surface area contributed by atoms with Gasteiger partial charge in [0.1, 0.15) is 4.21 Å². The Hall–Kier alpha value is -1.70. The normalized spacial score (nSPS) is 11.3. The third kappa shape index (κ3) is 3.90. The summed E-state index contributed by atoms with van der Waals surface area (Å²) in [6.45, 7) is 3.55. The summed E-state index contributed by atoms with van der Waals surface area (Å²) in [5.74, 6) is -0.399. The Labute approximate surface area is 128 Å². The SMILES string of the molecule is Cc1cccc(NC(=O)CNS(=O)(=O)c2cccs2)c1C. The van der Waals surface area contributed by atoms with Crippen molar-refractivity contribution in [2.45, 2.75) is 18.1 Å². The lowest BCUT2D eigenvalue weighted by Crippen LogP contribution is -2.32. The molecule has 2 aromatic rings. The third-order valence-electron chi connectivity index (χ3n) is 3.06. The molecular formula is C14H16N2O3S2. The van der Waals surface area contributed by atoms with Gasteiger partial charge in [-0.15, -0.1) is 11.3 Å². The Kier molecular flexibility index (Phi) is 4.76. The number of hydrogen-bond donors (Lipinski definition) is 2. The van der Waals surface area contributed by atoms with Crippen molar-refractivity contribution in [2.75, 3.05) is 11.9 Å². The fourth-order valence-corrected chi connectivity index (χ4v) is 3.75. The molecule has 0 aliphatic rings. The van der Waals surface area contributed by atoms with Crippen molar-refractivity contribution in [3.63, 3.8) is 0 Å². The maximum atomic E-state index is 11.9. The molecule has 112 valence electrons. The minimum Gasteiger partial charge on any atom is -0.325 e. The van der Waals surface area contributed by atoms with E-state index >= 15 is 0 Å². The summed E-state index contributed by atoms with van der Waals surface area (Å²) in [5, 5.41) is 4.38. The zero-order valence-corrected chi connectivity index (χ0v) is 13.3.